The van der Waals surface area contributed by atoms with Crippen molar-refractivity contribution >= 4 is 11.8 Å². The van der Waals surface area contributed by atoms with Crippen LogP contribution in [0.2, 0.25) is 0 Å². The molecular weight excluding hydrogens is 192 g/mol. The van der Waals surface area contributed by atoms with Gasteiger partial charge < -0.3 is 10.2 Å². The first-order valence-corrected chi connectivity index (χ1v) is 5.64. The van der Waals surface area contributed by atoms with Gasteiger partial charge in [0.25, 0.3) is 0 Å². The van der Waals surface area contributed by atoms with Crippen LogP contribution in [0.15, 0.2) is 0 Å². The van der Waals surface area contributed by atoms with E-state index in [0.29, 0.717) is 6.42 Å². The van der Waals surface area contributed by atoms with Gasteiger partial charge in [0.15, 0.2) is 0 Å². The largest absolute Gasteiger partial charge is 0.359 e. The van der Waals surface area contributed by atoms with Gasteiger partial charge in [-0.05, 0) is 19.3 Å². The second-order valence-corrected chi connectivity index (χ2v) is 4.16. The van der Waals surface area contributed by atoms with Gasteiger partial charge in [0.05, 0.1) is 0 Å². The summed E-state index contributed by atoms with van der Waals surface area (Å²) in [4.78, 5) is 24.9. The molecule has 4 heteroatoms. The lowest BCUT2D eigenvalue weighted by Crippen LogP contribution is -2.38. The number of hydrogen-bond acceptors (Lipinski definition) is 2. The molecule has 4 nitrogen and oxygen atoms in total. The molecule has 1 rings (SSSR count). The molecule has 1 heterocycles. The van der Waals surface area contributed by atoms with Gasteiger partial charge in [0, 0.05) is 32.5 Å². The maximum Gasteiger partial charge on any atom is 0.223 e. The Balaban J connectivity index is 2.36. The van der Waals surface area contributed by atoms with Gasteiger partial charge in [-0.25, -0.2) is 0 Å². The Kier molecular flexibility index (Phi) is 4.59. The zero-order valence-corrected chi connectivity index (χ0v) is 9.58. The fourth-order valence-electron chi connectivity index (χ4n) is 1.87. The molecule has 1 unspecified atom stereocenters. The highest BCUT2D eigenvalue weighted by Gasteiger charge is 2.21. The number of carbonyl (C=O) groups excluding carboxylic acids is 2. The number of carbonyl (C=O) groups is 2. The molecular formula is C11H20N2O2. The van der Waals surface area contributed by atoms with Crippen molar-refractivity contribution in [1.82, 2.24) is 10.2 Å². The van der Waals surface area contributed by atoms with E-state index in [1.165, 1.54) is 6.42 Å². The van der Waals surface area contributed by atoms with E-state index in [-0.39, 0.29) is 17.7 Å². The van der Waals surface area contributed by atoms with Crippen LogP contribution in [0.3, 0.4) is 0 Å². The fourth-order valence-corrected chi connectivity index (χ4v) is 1.87. The molecule has 2 amide bonds. The van der Waals surface area contributed by atoms with Crippen LogP contribution in [0.25, 0.3) is 0 Å². The van der Waals surface area contributed by atoms with Gasteiger partial charge in [0.2, 0.25) is 11.8 Å². The molecule has 1 saturated heterocycles. The highest BCUT2D eigenvalue weighted by Crippen LogP contribution is 2.12. The Morgan fingerprint density at radius 3 is 2.40 bits per heavy atom. The molecule has 1 N–H and O–H groups in total. The van der Waals surface area contributed by atoms with Crippen LogP contribution >= 0.6 is 0 Å². The summed E-state index contributed by atoms with van der Waals surface area (Å²) in [5.74, 6) is -0.157. The molecule has 0 radical (unpaired) electrons. The summed E-state index contributed by atoms with van der Waals surface area (Å²) in [5.41, 5.74) is 0. The minimum Gasteiger partial charge on any atom is -0.359 e. The predicted molar refractivity (Wildman–Crippen MR) is 58.3 cm³/mol. The molecule has 86 valence electrons. The highest BCUT2D eigenvalue weighted by molar-refractivity contribution is 5.85. The predicted octanol–water partition coefficient (Wildman–Crippen LogP) is 0.771. The summed E-state index contributed by atoms with van der Waals surface area (Å²) >= 11 is 0. The van der Waals surface area contributed by atoms with E-state index in [1.54, 1.807) is 14.0 Å². The first kappa shape index (κ1) is 12.0. The minimum atomic E-state index is -0.218. The number of nitrogens with zero attached hydrogens (tertiary/aromatic N) is 1. The third-order valence-corrected chi connectivity index (χ3v) is 2.88. The number of piperidine rings is 1. The van der Waals surface area contributed by atoms with Crippen molar-refractivity contribution in [3.05, 3.63) is 0 Å². The van der Waals surface area contributed by atoms with Crippen molar-refractivity contribution in [2.75, 3.05) is 20.1 Å². The van der Waals surface area contributed by atoms with Gasteiger partial charge in [0.1, 0.15) is 0 Å². The SMILES string of the molecule is CNC(=O)C(C)CC(=O)N1CCCCC1. The molecule has 0 spiro atoms. The van der Waals surface area contributed by atoms with Crippen LogP contribution in [0.1, 0.15) is 32.6 Å². The second-order valence-electron chi connectivity index (χ2n) is 4.16. The fraction of sp³-hybridized carbons (Fsp3) is 0.818. The quantitative estimate of drug-likeness (QED) is 0.751. The summed E-state index contributed by atoms with van der Waals surface area (Å²) in [6.07, 6.45) is 3.74. The maximum atomic E-state index is 11.8. The Morgan fingerprint density at radius 1 is 1.27 bits per heavy atom. The average molecular weight is 212 g/mol. The van der Waals surface area contributed by atoms with Crippen LogP contribution < -0.4 is 5.32 Å². The third kappa shape index (κ3) is 3.53. The normalized spacial score (nSPS) is 18.4. The standard InChI is InChI=1S/C11H20N2O2/c1-9(11(15)12-2)8-10(14)13-6-4-3-5-7-13/h9H,3-8H2,1-2H3,(H,12,15). The minimum absolute atomic E-state index is 0.0552. The first-order chi connectivity index (χ1) is 7.15. The molecule has 0 saturated carbocycles. The van der Waals surface area contributed by atoms with Crippen LogP contribution in [-0.2, 0) is 9.59 Å². The smallest absolute Gasteiger partial charge is 0.223 e. The number of amides is 2. The number of hydrogen-bond donors (Lipinski definition) is 1. The number of rotatable bonds is 3. The van der Waals surface area contributed by atoms with Crippen molar-refractivity contribution < 1.29 is 9.59 Å². The molecule has 0 aliphatic carbocycles. The van der Waals surface area contributed by atoms with Crippen molar-refractivity contribution in [2.45, 2.75) is 32.6 Å². The summed E-state index contributed by atoms with van der Waals surface area (Å²) in [6.45, 7) is 3.51. The number of likely N-dealkylation sites (tertiary alicyclic amines) is 1. The Morgan fingerprint density at radius 2 is 1.87 bits per heavy atom. The van der Waals surface area contributed by atoms with Crippen molar-refractivity contribution in [2.24, 2.45) is 5.92 Å². The van der Waals surface area contributed by atoms with Gasteiger partial charge in [-0.3, -0.25) is 9.59 Å². The lowest BCUT2D eigenvalue weighted by molar-refractivity contribution is -0.136. The van der Waals surface area contributed by atoms with Gasteiger partial charge in [-0.2, -0.15) is 0 Å². The average Bonchev–Trinajstić information content (AvgIpc) is 2.29. The van der Waals surface area contributed by atoms with E-state index in [2.05, 4.69) is 5.32 Å². The van der Waals surface area contributed by atoms with Crippen LogP contribution in [0.4, 0.5) is 0 Å². The molecule has 0 aromatic heterocycles. The Bertz CT molecular complexity index is 235. The van der Waals surface area contributed by atoms with Crippen molar-refractivity contribution in [1.29, 1.82) is 0 Å². The highest BCUT2D eigenvalue weighted by atomic mass is 16.2. The lowest BCUT2D eigenvalue weighted by atomic mass is 10.0. The Hall–Kier alpha value is -1.06. The lowest BCUT2D eigenvalue weighted by Gasteiger charge is -2.27. The van der Waals surface area contributed by atoms with Crippen LogP contribution in [0.5, 0.6) is 0 Å². The monoisotopic (exact) mass is 212 g/mol. The molecule has 15 heavy (non-hydrogen) atoms. The molecule has 1 aliphatic rings. The van der Waals surface area contributed by atoms with E-state index in [9.17, 15) is 9.59 Å². The molecule has 0 aromatic rings. The third-order valence-electron chi connectivity index (χ3n) is 2.88. The first-order valence-electron chi connectivity index (χ1n) is 5.64. The summed E-state index contributed by atoms with van der Waals surface area (Å²) in [6, 6.07) is 0. The van der Waals surface area contributed by atoms with E-state index in [0.717, 1.165) is 25.9 Å². The molecule has 1 fully saturated rings. The van der Waals surface area contributed by atoms with Crippen LogP contribution in [-0.4, -0.2) is 36.9 Å². The van der Waals surface area contributed by atoms with Gasteiger partial charge in [-0.1, -0.05) is 6.92 Å². The van der Waals surface area contributed by atoms with E-state index < -0.39 is 0 Å². The van der Waals surface area contributed by atoms with Gasteiger partial charge in [-0.15, -0.1) is 0 Å². The summed E-state index contributed by atoms with van der Waals surface area (Å²) in [5, 5.41) is 2.56. The molecule has 0 aromatic carbocycles. The molecule has 1 aliphatic heterocycles. The van der Waals surface area contributed by atoms with Crippen molar-refractivity contribution in [3.8, 4) is 0 Å². The zero-order valence-electron chi connectivity index (χ0n) is 9.58. The van der Waals surface area contributed by atoms with Crippen molar-refractivity contribution in [3.63, 3.8) is 0 Å². The zero-order chi connectivity index (χ0) is 11.3. The second kappa shape index (κ2) is 5.73. The molecule has 0 bridgehead atoms. The number of nitrogens with one attached hydrogen (secondary N) is 1. The van der Waals surface area contributed by atoms with Crippen LogP contribution in [0, 0.1) is 5.92 Å². The molecule has 1 atom stereocenters. The van der Waals surface area contributed by atoms with E-state index in [1.807, 2.05) is 4.90 Å². The topological polar surface area (TPSA) is 49.4 Å². The summed E-state index contributed by atoms with van der Waals surface area (Å²) in [7, 11) is 1.60. The Labute approximate surface area is 91.0 Å². The maximum absolute atomic E-state index is 11.8. The van der Waals surface area contributed by atoms with E-state index >= 15 is 0 Å². The summed E-state index contributed by atoms with van der Waals surface area (Å²) < 4.78 is 0. The van der Waals surface area contributed by atoms with E-state index in [4.69, 9.17) is 0 Å². The van der Waals surface area contributed by atoms with Gasteiger partial charge >= 0.3 is 0 Å².